The van der Waals surface area contributed by atoms with Crippen LogP contribution in [0.2, 0.25) is 5.02 Å². The van der Waals surface area contributed by atoms with Crippen molar-refractivity contribution in [1.82, 2.24) is 0 Å². The largest absolute Gasteiger partial charge is 0.573 e. The lowest BCUT2D eigenvalue weighted by Gasteiger charge is -2.13. The number of rotatable bonds is 2. The minimum Gasteiger partial charge on any atom is -0.405 e. The van der Waals surface area contributed by atoms with Crippen molar-refractivity contribution in [2.75, 3.05) is 0 Å². The molecule has 2 aromatic carbocycles. The first-order valence-electron chi connectivity index (χ1n) is 5.06. The predicted octanol–water partition coefficient (Wildman–Crippen LogP) is 4.91. The lowest BCUT2D eigenvalue weighted by atomic mass is 10.1. The predicted molar refractivity (Wildman–Crippen MR) is 63.6 cm³/mol. The van der Waals surface area contributed by atoms with Crippen LogP contribution >= 0.6 is 11.6 Å². The third-order valence-electron chi connectivity index (χ3n) is 2.27. The molecule has 0 N–H and O–H groups in total. The molecule has 0 aliphatic rings. The van der Waals surface area contributed by atoms with E-state index in [1.807, 2.05) is 0 Å². The van der Waals surface area contributed by atoms with E-state index in [0.717, 1.165) is 0 Å². The molecule has 2 aromatic rings. The Kier molecular flexibility index (Phi) is 3.48. The van der Waals surface area contributed by atoms with E-state index < -0.39 is 6.36 Å². The summed E-state index contributed by atoms with van der Waals surface area (Å²) in [5.74, 6) is -0.229. The monoisotopic (exact) mass is 272 g/mol. The molecule has 0 spiro atoms. The van der Waals surface area contributed by atoms with Gasteiger partial charge in [-0.15, -0.1) is 13.2 Å². The molecule has 1 nitrogen and oxygen atoms in total. The van der Waals surface area contributed by atoms with Gasteiger partial charge in [-0.3, -0.25) is 0 Å². The van der Waals surface area contributed by atoms with Crippen molar-refractivity contribution >= 4 is 11.6 Å². The number of halogens is 4. The van der Waals surface area contributed by atoms with E-state index in [4.69, 9.17) is 11.6 Å². The molecule has 0 saturated carbocycles. The zero-order chi connectivity index (χ0) is 13.2. The fourth-order valence-electron chi connectivity index (χ4n) is 1.55. The fourth-order valence-corrected chi connectivity index (χ4v) is 1.67. The molecule has 0 bridgehead atoms. The molecule has 0 saturated heterocycles. The molecule has 94 valence electrons. The quantitative estimate of drug-likeness (QED) is 0.755. The lowest BCUT2D eigenvalue weighted by molar-refractivity contribution is -0.274. The SMILES string of the molecule is FC(F)(F)Oc1ccccc1-c1ccc(Cl)cc1. The third-order valence-corrected chi connectivity index (χ3v) is 2.52. The van der Waals surface area contributed by atoms with Gasteiger partial charge in [0.15, 0.2) is 0 Å². The van der Waals surface area contributed by atoms with E-state index in [1.165, 1.54) is 12.1 Å². The average Bonchev–Trinajstić information content (AvgIpc) is 2.29. The van der Waals surface area contributed by atoms with Crippen molar-refractivity contribution in [3.63, 3.8) is 0 Å². The van der Waals surface area contributed by atoms with Crippen molar-refractivity contribution < 1.29 is 17.9 Å². The van der Waals surface area contributed by atoms with E-state index >= 15 is 0 Å². The topological polar surface area (TPSA) is 9.23 Å². The Hall–Kier alpha value is -1.68. The van der Waals surface area contributed by atoms with Crippen molar-refractivity contribution in [1.29, 1.82) is 0 Å². The van der Waals surface area contributed by atoms with E-state index in [0.29, 0.717) is 16.1 Å². The molecule has 0 unspecified atom stereocenters. The van der Waals surface area contributed by atoms with Crippen LogP contribution in [0.15, 0.2) is 48.5 Å². The van der Waals surface area contributed by atoms with E-state index in [2.05, 4.69) is 4.74 Å². The zero-order valence-corrected chi connectivity index (χ0v) is 9.79. The fraction of sp³-hybridized carbons (Fsp3) is 0.0769. The summed E-state index contributed by atoms with van der Waals surface area (Å²) in [6.45, 7) is 0. The molecule has 0 radical (unpaired) electrons. The zero-order valence-electron chi connectivity index (χ0n) is 9.04. The van der Waals surface area contributed by atoms with E-state index in [1.54, 1.807) is 36.4 Å². The standard InChI is InChI=1S/C13H8ClF3O/c14-10-7-5-9(6-8-10)11-3-1-2-4-12(11)18-13(15,16)17/h1-8H. The van der Waals surface area contributed by atoms with E-state index in [9.17, 15) is 13.2 Å². The molecular weight excluding hydrogens is 265 g/mol. The minimum atomic E-state index is -4.71. The van der Waals surface area contributed by atoms with Crippen LogP contribution in [0.3, 0.4) is 0 Å². The van der Waals surface area contributed by atoms with Crippen LogP contribution in [-0.4, -0.2) is 6.36 Å². The summed E-state index contributed by atoms with van der Waals surface area (Å²) in [7, 11) is 0. The molecular formula is C13H8ClF3O. The Labute approximate surface area is 107 Å². The van der Waals surface area contributed by atoms with Gasteiger partial charge in [-0.1, -0.05) is 41.9 Å². The number of alkyl halides is 3. The maximum Gasteiger partial charge on any atom is 0.573 e. The summed E-state index contributed by atoms with van der Waals surface area (Å²) in [6.07, 6.45) is -4.71. The first kappa shape index (κ1) is 12.8. The van der Waals surface area contributed by atoms with Gasteiger partial charge in [0, 0.05) is 10.6 Å². The van der Waals surface area contributed by atoms with Crippen LogP contribution in [0.25, 0.3) is 11.1 Å². The van der Waals surface area contributed by atoms with Gasteiger partial charge in [0.05, 0.1) is 0 Å². The average molecular weight is 273 g/mol. The molecule has 0 amide bonds. The molecule has 18 heavy (non-hydrogen) atoms. The lowest BCUT2D eigenvalue weighted by Crippen LogP contribution is -2.17. The first-order chi connectivity index (χ1) is 8.46. The number of hydrogen-bond acceptors (Lipinski definition) is 1. The minimum absolute atomic E-state index is 0.229. The molecule has 0 fully saturated rings. The van der Waals surface area contributed by atoms with Crippen LogP contribution in [0.5, 0.6) is 5.75 Å². The molecule has 0 aliphatic carbocycles. The summed E-state index contributed by atoms with van der Waals surface area (Å²) in [6, 6.07) is 12.5. The van der Waals surface area contributed by atoms with Gasteiger partial charge in [0.25, 0.3) is 0 Å². The number of para-hydroxylation sites is 1. The first-order valence-corrected chi connectivity index (χ1v) is 5.44. The molecule has 0 aliphatic heterocycles. The number of benzene rings is 2. The summed E-state index contributed by atoms with van der Waals surface area (Å²) < 4.78 is 40.8. The highest BCUT2D eigenvalue weighted by molar-refractivity contribution is 6.30. The number of hydrogen-bond donors (Lipinski definition) is 0. The molecule has 0 heterocycles. The van der Waals surface area contributed by atoms with Gasteiger partial charge in [-0.05, 0) is 23.8 Å². The summed E-state index contributed by atoms with van der Waals surface area (Å²) in [5.41, 5.74) is 0.978. The number of ether oxygens (including phenoxy) is 1. The maximum absolute atomic E-state index is 12.3. The summed E-state index contributed by atoms with van der Waals surface area (Å²) in [5, 5.41) is 0.521. The molecule has 0 atom stereocenters. The van der Waals surface area contributed by atoms with Gasteiger partial charge in [-0.25, -0.2) is 0 Å². The maximum atomic E-state index is 12.3. The van der Waals surface area contributed by atoms with Crippen LogP contribution < -0.4 is 4.74 Å². The highest BCUT2D eigenvalue weighted by Gasteiger charge is 2.32. The molecule has 2 rings (SSSR count). The highest BCUT2D eigenvalue weighted by Crippen LogP contribution is 2.33. The van der Waals surface area contributed by atoms with E-state index in [-0.39, 0.29) is 5.75 Å². The third kappa shape index (κ3) is 3.17. The second-order valence-electron chi connectivity index (χ2n) is 3.55. The van der Waals surface area contributed by atoms with Gasteiger partial charge >= 0.3 is 6.36 Å². The van der Waals surface area contributed by atoms with Crippen molar-refractivity contribution in [2.24, 2.45) is 0 Å². The second kappa shape index (κ2) is 4.90. The van der Waals surface area contributed by atoms with Crippen LogP contribution in [0.1, 0.15) is 0 Å². The Morgan fingerprint density at radius 1 is 0.889 bits per heavy atom. The molecule has 5 heteroatoms. The van der Waals surface area contributed by atoms with Gasteiger partial charge in [-0.2, -0.15) is 0 Å². The Morgan fingerprint density at radius 3 is 2.11 bits per heavy atom. The Balaban J connectivity index is 2.41. The van der Waals surface area contributed by atoms with Crippen molar-refractivity contribution in [2.45, 2.75) is 6.36 Å². The normalized spacial score (nSPS) is 11.3. The summed E-state index contributed by atoms with van der Waals surface area (Å²) in [4.78, 5) is 0. The summed E-state index contributed by atoms with van der Waals surface area (Å²) >= 11 is 5.73. The van der Waals surface area contributed by atoms with Crippen LogP contribution in [0, 0.1) is 0 Å². The van der Waals surface area contributed by atoms with Crippen LogP contribution in [0.4, 0.5) is 13.2 Å². The molecule has 0 aromatic heterocycles. The Bertz CT molecular complexity index is 535. The van der Waals surface area contributed by atoms with Crippen molar-refractivity contribution in [3.8, 4) is 16.9 Å². The van der Waals surface area contributed by atoms with Gasteiger partial charge in [0.2, 0.25) is 0 Å². The Morgan fingerprint density at radius 2 is 1.50 bits per heavy atom. The highest BCUT2D eigenvalue weighted by atomic mass is 35.5. The van der Waals surface area contributed by atoms with Crippen LogP contribution in [-0.2, 0) is 0 Å². The van der Waals surface area contributed by atoms with Gasteiger partial charge in [0.1, 0.15) is 5.75 Å². The second-order valence-corrected chi connectivity index (χ2v) is 3.99. The van der Waals surface area contributed by atoms with Gasteiger partial charge < -0.3 is 4.74 Å². The van der Waals surface area contributed by atoms with Crippen molar-refractivity contribution in [3.05, 3.63) is 53.6 Å². The smallest absolute Gasteiger partial charge is 0.405 e.